The molecule has 1 aromatic heterocycles. The molecule has 1 amide bonds. The minimum Gasteiger partial charge on any atom is -0.448 e. The van der Waals surface area contributed by atoms with Gasteiger partial charge in [-0.05, 0) is 38.1 Å². The Labute approximate surface area is 150 Å². The SMILES string of the molecule is CC(=O)c1ccccc1NC(=O)[C@@H](C)OC(=O)c1cc2ccccc2[nH]1. The van der Waals surface area contributed by atoms with E-state index in [1.807, 2.05) is 24.3 Å². The quantitative estimate of drug-likeness (QED) is 0.544. The van der Waals surface area contributed by atoms with E-state index in [9.17, 15) is 14.4 Å². The molecule has 6 heteroatoms. The number of para-hydroxylation sites is 2. The van der Waals surface area contributed by atoms with Crippen LogP contribution in [0.5, 0.6) is 0 Å². The molecule has 0 aliphatic carbocycles. The molecule has 0 spiro atoms. The lowest BCUT2D eigenvalue weighted by Crippen LogP contribution is -2.30. The summed E-state index contributed by atoms with van der Waals surface area (Å²) in [6.45, 7) is 2.90. The van der Waals surface area contributed by atoms with Crippen LogP contribution in [-0.4, -0.2) is 28.7 Å². The number of ketones is 1. The van der Waals surface area contributed by atoms with Crippen LogP contribution in [0, 0.1) is 0 Å². The molecule has 0 bridgehead atoms. The number of anilines is 1. The Hall–Kier alpha value is -3.41. The minimum absolute atomic E-state index is 0.163. The van der Waals surface area contributed by atoms with Gasteiger partial charge in [-0.15, -0.1) is 0 Å². The Morgan fingerprint density at radius 1 is 1.04 bits per heavy atom. The van der Waals surface area contributed by atoms with Crippen LogP contribution >= 0.6 is 0 Å². The van der Waals surface area contributed by atoms with Gasteiger partial charge < -0.3 is 15.0 Å². The van der Waals surface area contributed by atoms with Gasteiger partial charge in [0.25, 0.3) is 5.91 Å². The van der Waals surface area contributed by atoms with Crippen molar-refractivity contribution in [2.75, 3.05) is 5.32 Å². The average molecular weight is 350 g/mol. The molecule has 2 aromatic carbocycles. The first-order chi connectivity index (χ1) is 12.5. The predicted octanol–water partition coefficient (Wildman–Crippen LogP) is 3.55. The Morgan fingerprint density at radius 2 is 1.73 bits per heavy atom. The molecule has 0 unspecified atom stereocenters. The molecule has 3 aromatic rings. The van der Waals surface area contributed by atoms with Crippen molar-refractivity contribution in [2.24, 2.45) is 0 Å². The topological polar surface area (TPSA) is 88.3 Å². The number of Topliss-reactive ketones (excluding diaryl/α,β-unsaturated/α-hetero) is 1. The summed E-state index contributed by atoms with van der Waals surface area (Å²) in [5.74, 6) is -1.30. The van der Waals surface area contributed by atoms with Crippen molar-refractivity contribution in [3.63, 3.8) is 0 Å². The number of esters is 1. The van der Waals surface area contributed by atoms with Crippen LogP contribution < -0.4 is 5.32 Å². The molecule has 0 radical (unpaired) electrons. The summed E-state index contributed by atoms with van der Waals surface area (Å²) in [6.07, 6.45) is -1.02. The van der Waals surface area contributed by atoms with E-state index in [2.05, 4.69) is 10.3 Å². The summed E-state index contributed by atoms with van der Waals surface area (Å²) in [5.41, 5.74) is 1.87. The molecule has 3 rings (SSSR count). The Bertz CT molecular complexity index is 957. The number of hydrogen-bond acceptors (Lipinski definition) is 4. The molecule has 132 valence electrons. The summed E-state index contributed by atoms with van der Waals surface area (Å²) in [7, 11) is 0. The number of ether oxygens (including phenoxy) is 1. The van der Waals surface area contributed by atoms with Crippen molar-refractivity contribution in [3.8, 4) is 0 Å². The van der Waals surface area contributed by atoms with Crippen molar-refractivity contribution in [3.05, 3.63) is 65.9 Å². The van der Waals surface area contributed by atoms with Crippen LogP contribution in [-0.2, 0) is 9.53 Å². The molecule has 0 aliphatic heterocycles. The van der Waals surface area contributed by atoms with E-state index in [0.29, 0.717) is 11.3 Å². The zero-order valence-corrected chi connectivity index (χ0v) is 14.4. The first-order valence-corrected chi connectivity index (χ1v) is 8.15. The van der Waals surface area contributed by atoms with Crippen LogP contribution in [0.25, 0.3) is 10.9 Å². The first-order valence-electron chi connectivity index (χ1n) is 8.15. The Morgan fingerprint density at radius 3 is 2.46 bits per heavy atom. The standard InChI is InChI=1S/C20H18N2O4/c1-12(23)15-8-4-6-10-17(15)22-19(24)13(2)26-20(25)18-11-14-7-3-5-9-16(14)21-18/h3-11,13,21H,1-2H3,(H,22,24)/t13-/m1/s1. The smallest absolute Gasteiger partial charge is 0.355 e. The number of rotatable bonds is 5. The van der Waals surface area contributed by atoms with Crippen LogP contribution in [0.2, 0.25) is 0 Å². The van der Waals surface area contributed by atoms with Crippen LogP contribution in [0.4, 0.5) is 5.69 Å². The normalized spacial score (nSPS) is 11.8. The summed E-state index contributed by atoms with van der Waals surface area (Å²) < 4.78 is 5.23. The van der Waals surface area contributed by atoms with Gasteiger partial charge in [-0.2, -0.15) is 0 Å². The second-order valence-corrected chi connectivity index (χ2v) is 5.91. The van der Waals surface area contributed by atoms with Crippen LogP contribution in [0.1, 0.15) is 34.7 Å². The molecule has 2 N–H and O–H groups in total. The van der Waals surface area contributed by atoms with Crippen molar-refractivity contribution in [1.29, 1.82) is 0 Å². The highest BCUT2D eigenvalue weighted by Crippen LogP contribution is 2.18. The minimum atomic E-state index is -1.02. The first kappa shape index (κ1) is 17.4. The van der Waals surface area contributed by atoms with Gasteiger partial charge >= 0.3 is 5.97 Å². The fraction of sp³-hybridized carbons (Fsp3) is 0.150. The van der Waals surface area contributed by atoms with Crippen LogP contribution in [0.3, 0.4) is 0 Å². The molecule has 1 atom stereocenters. The molecular formula is C20H18N2O4. The van der Waals surface area contributed by atoms with Gasteiger partial charge in [-0.25, -0.2) is 4.79 Å². The second-order valence-electron chi connectivity index (χ2n) is 5.91. The summed E-state index contributed by atoms with van der Waals surface area (Å²) in [6, 6.07) is 15.8. The Kier molecular flexibility index (Phi) is 4.84. The highest BCUT2D eigenvalue weighted by molar-refractivity contribution is 6.05. The molecule has 1 heterocycles. The number of carbonyl (C=O) groups is 3. The maximum Gasteiger partial charge on any atom is 0.355 e. The van der Waals surface area contributed by atoms with Gasteiger partial charge in [0.05, 0.1) is 5.69 Å². The highest BCUT2D eigenvalue weighted by atomic mass is 16.5. The Balaban J connectivity index is 1.69. The monoisotopic (exact) mass is 350 g/mol. The molecule has 0 saturated carbocycles. The van der Waals surface area contributed by atoms with Gasteiger partial charge in [0.1, 0.15) is 5.69 Å². The summed E-state index contributed by atoms with van der Waals surface area (Å²) in [5, 5.41) is 3.51. The maximum atomic E-state index is 12.3. The highest BCUT2D eigenvalue weighted by Gasteiger charge is 2.21. The van der Waals surface area contributed by atoms with Gasteiger partial charge in [-0.1, -0.05) is 30.3 Å². The lowest BCUT2D eigenvalue weighted by atomic mass is 10.1. The fourth-order valence-electron chi connectivity index (χ4n) is 2.59. The number of nitrogens with one attached hydrogen (secondary N) is 2. The van der Waals surface area contributed by atoms with E-state index in [1.165, 1.54) is 13.8 Å². The second kappa shape index (κ2) is 7.23. The summed E-state index contributed by atoms with van der Waals surface area (Å²) in [4.78, 5) is 39.2. The van der Waals surface area contributed by atoms with Gasteiger partial charge in [-0.3, -0.25) is 9.59 Å². The van der Waals surface area contributed by atoms with Gasteiger partial charge in [0, 0.05) is 16.5 Å². The number of benzene rings is 2. The van der Waals surface area contributed by atoms with E-state index in [0.717, 1.165) is 10.9 Å². The zero-order chi connectivity index (χ0) is 18.7. The van der Waals surface area contributed by atoms with E-state index in [-0.39, 0.29) is 11.5 Å². The number of aromatic amines is 1. The van der Waals surface area contributed by atoms with Crippen molar-refractivity contribution >= 4 is 34.3 Å². The fourth-order valence-corrected chi connectivity index (χ4v) is 2.59. The molecule has 6 nitrogen and oxygen atoms in total. The lowest BCUT2D eigenvalue weighted by Gasteiger charge is -2.14. The number of H-pyrrole nitrogens is 1. The largest absolute Gasteiger partial charge is 0.448 e. The number of fused-ring (bicyclic) bond motifs is 1. The van der Waals surface area contributed by atoms with Gasteiger partial charge in [0.15, 0.2) is 11.9 Å². The number of amides is 1. The third-order valence-electron chi connectivity index (χ3n) is 3.97. The van der Waals surface area contributed by atoms with Crippen LogP contribution in [0.15, 0.2) is 54.6 Å². The number of aromatic nitrogens is 1. The third-order valence-corrected chi connectivity index (χ3v) is 3.97. The van der Waals surface area contributed by atoms with Crippen molar-refractivity contribution in [1.82, 2.24) is 4.98 Å². The van der Waals surface area contributed by atoms with E-state index in [4.69, 9.17) is 4.74 Å². The molecule has 0 fully saturated rings. The molecular weight excluding hydrogens is 332 g/mol. The van der Waals surface area contributed by atoms with Crippen molar-refractivity contribution < 1.29 is 19.1 Å². The van der Waals surface area contributed by atoms with Crippen molar-refractivity contribution in [2.45, 2.75) is 20.0 Å². The molecule has 0 aliphatic rings. The number of carbonyl (C=O) groups excluding carboxylic acids is 3. The zero-order valence-electron chi connectivity index (χ0n) is 14.4. The lowest BCUT2D eigenvalue weighted by molar-refractivity contribution is -0.123. The predicted molar refractivity (Wildman–Crippen MR) is 98.3 cm³/mol. The molecule has 26 heavy (non-hydrogen) atoms. The van der Waals surface area contributed by atoms with E-state index in [1.54, 1.807) is 30.3 Å². The number of hydrogen-bond donors (Lipinski definition) is 2. The average Bonchev–Trinajstić information content (AvgIpc) is 3.06. The maximum absolute atomic E-state index is 12.3. The van der Waals surface area contributed by atoms with Gasteiger partial charge in [0.2, 0.25) is 0 Å². The van der Waals surface area contributed by atoms with E-state index < -0.39 is 18.0 Å². The third kappa shape index (κ3) is 3.64. The molecule has 0 saturated heterocycles. The summed E-state index contributed by atoms with van der Waals surface area (Å²) >= 11 is 0. The van der Waals surface area contributed by atoms with E-state index >= 15 is 0 Å².